The number of nitrogens with zero attached hydrogens (tertiary/aromatic N) is 1. The van der Waals surface area contributed by atoms with Crippen molar-refractivity contribution in [1.29, 1.82) is 0 Å². The summed E-state index contributed by atoms with van der Waals surface area (Å²) >= 11 is 0. The summed E-state index contributed by atoms with van der Waals surface area (Å²) in [6.45, 7) is 5.76. The number of rotatable bonds is 2. The molecule has 4 nitrogen and oxygen atoms in total. The highest BCUT2D eigenvalue weighted by atomic mass is 19.1. The standard InChI is InChI=1S/C15H17FN2O2/c1-15(2,3)17-14(20)9-18-7-6-13(19)11-8-10(16)4-5-12(11)18/h4-8H,9H2,1-3H3,(H,17,20). The van der Waals surface area contributed by atoms with E-state index in [1.807, 2.05) is 20.8 Å². The molecule has 0 aliphatic carbocycles. The van der Waals surface area contributed by atoms with Crippen molar-refractivity contribution < 1.29 is 9.18 Å². The monoisotopic (exact) mass is 276 g/mol. The number of hydrogen-bond acceptors (Lipinski definition) is 2. The molecule has 1 amide bonds. The van der Waals surface area contributed by atoms with E-state index in [9.17, 15) is 14.0 Å². The van der Waals surface area contributed by atoms with Gasteiger partial charge in [0.2, 0.25) is 5.91 Å². The maximum atomic E-state index is 13.2. The van der Waals surface area contributed by atoms with E-state index >= 15 is 0 Å². The second kappa shape index (κ2) is 5.07. The minimum absolute atomic E-state index is 0.0830. The Hall–Kier alpha value is -2.17. The van der Waals surface area contributed by atoms with Crippen LogP contribution in [0, 0.1) is 5.82 Å². The lowest BCUT2D eigenvalue weighted by Crippen LogP contribution is -2.42. The number of carbonyl (C=O) groups excluding carboxylic acids is 1. The van der Waals surface area contributed by atoms with E-state index in [1.54, 1.807) is 10.8 Å². The summed E-state index contributed by atoms with van der Waals surface area (Å²) in [7, 11) is 0. The molecule has 0 saturated heterocycles. The van der Waals surface area contributed by atoms with Crippen molar-refractivity contribution in [3.63, 3.8) is 0 Å². The molecule has 0 radical (unpaired) electrons. The van der Waals surface area contributed by atoms with Crippen LogP contribution in [0.5, 0.6) is 0 Å². The summed E-state index contributed by atoms with van der Waals surface area (Å²) in [6.07, 6.45) is 1.55. The normalized spacial score (nSPS) is 11.6. The van der Waals surface area contributed by atoms with Gasteiger partial charge in [-0.05, 0) is 39.0 Å². The van der Waals surface area contributed by atoms with Crippen LogP contribution in [0.4, 0.5) is 4.39 Å². The van der Waals surface area contributed by atoms with E-state index in [0.29, 0.717) is 5.52 Å². The molecule has 0 atom stereocenters. The van der Waals surface area contributed by atoms with Gasteiger partial charge in [-0.1, -0.05) is 0 Å². The molecule has 1 heterocycles. The molecule has 5 heteroatoms. The lowest BCUT2D eigenvalue weighted by molar-refractivity contribution is -0.123. The highest BCUT2D eigenvalue weighted by molar-refractivity contribution is 5.82. The average Bonchev–Trinajstić information content (AvgIpc) is 2.30. The molecule has 0 unspecified atom stereocenters. The van der Waals surface area contributed by atoms with Gasteiger partial charge < -0.3 is 9.88 Å². The van der Waals surface area contributed by atoms with Crippen LogP contribution in [0.25, 0.3) is 10.9 Å². The van der Waals surface area contributed by atoms with Crippen LogP contribution in [0.2, 0.25) is 0 Å². The van der Waals surface area contributed by atoms with E-state index in [4.69, 9.17) is 0 Å². The molecule has 0 aliphatic heterocycles. The van der Waals surface area contributed by atoms with E-state index < -0.39 is 5.82 Å². The first-order valence-corrected chi connectivity index (χ1v) is 6.36. The van der Waals surface area contributed by atoms with Crippen molar-refractivity contribution in [3.05, 3.63) is 46.5 Å². The second-order valence-electron chi connectivity index (χ2n) is 5.77. The maximum Gasteiger partial charge on any atom is 0.240 e. The smallest absolute Gasteiger partial charge is 0.240 e. The number of aromatic nitrogens is 1. The van der Waals surface area contributed by atoms with E-state index in [2.05, 4.69) is 5.32 Å². The summed E-state index contributed by atoms with van der Waals surface area (Å²) in [4.78, 5) is 23.7. The number of benzene rings is 1. The largest absolute Gasteiger partial charge is 0.350 e. The fraction of sp³-hybridized carbons (Fsp3) is 0.333. The van der Waals surface area contributed by atoms with Gasteiger partial charge in [-0.25, -0.2) is 4.39 Å². The van der Waals surface area contributed by atoms with Gasteiger partial charge in [0, 0.05) is 23.2 Å². The molecule has 0 aliphatic rings. The van der Waals surface area contributed by atoms with E-state index in [1.165, 1.54) is 24.3 Å². The molecular formula is C15H17FN2O2. The fourth-order valence-electron chi connectivity index (χ4n) is 2.03. The SMILES string of the molecule is CC(C)(C)NC(=O)Cn1ccc(=O)c2cc(F)ccc21. The summed E-state index contributed by atoms with van der Waals surface area (Å²) in [5.74, 6) is -0.627. The molecule has 0 fully saturated rings. The van der Waals surface area contributed by atoms with Gasteiger partial charge >= 0.3 is 0 Å². The van der Waals surface area contributed by atoms with Crippen LogP contribution in [-0.2, 0) is 11.3 Å². The molecular weight excluding hydrogens is 259 g/mol. The van der Waals surface area contributed by atoms with Crippen LogP contribution < -0.4 is 10.7 Å². The van der Waals surface area contributed by atoms with Crippen LogP contribution in [0.3, 0.4) is 0 Å². The molecule has 0 spiro atoms. The first-order chi connectivity index (χ1) is 9.26. The van der Waals surface area contributed by atoms with E-state index in [0.717, 1.165) is 0 Å². The van der Waals surface area contributed by atoms with Crippen molar-refractivity contribution in [1.82, 2.24) is 9.88 Å². The molecule has 20 heavy (non-hydrogen) atoms. The van der Waals surface area contributed by atoms with Gasteiger partial charge in [0.05, 0.1) is 5.52 Å². The lowest BCUT2D eigenvalue weighted by Gasteiger charge is -2.21. The van der Waals surface area contributed by atoms with Crippen molar-refractivity contribution in [2.45, 2.75) is 32.9 Å². The van der Waals surface area contributed by atoms with Crippen molar-refractivity contribution in [3.8, 4) is 0 Å². The number of fused-ring (bicyclic) bond motifs is 1. The average molecular weight is 276 g/mol. The number of hydrogen-bond donors (Lipinski definition) is 1. The van der Waals surface area contributed by atoms with Gasteiger partial charge in [0.25, 0.3) is 0 Å². The number of carbonyl (C=O) groups is 1. The summed E-state index contributed by atoms with van der Waals surface area (Å²) in [6, 6.07) is 5.32. The topological polar surface area (TPSA) is 51.1 Å². The van der Waals surface area contributed by atoms with Gasteiger partial charge in [-0.2, -0.15) is 0 Å². The van der Waals surface area contributed by atoms with Crippen LogP contribution in [0.1, 0.15) is 20.8 Å². The van der Waals surface area contributed by atoms with Gasteiger partial charge in [0.1, 0.15) is 12.4 Å². The molecule has 2 aromatic rings. The van der Waals surface area contributed by atoms with Gasteiger partial charge in [-0.15, -0.1) is 0 Å². The van der Waals surface area contributed by atoms with Crippen molar-refractivity contribution in [2.24, 2.45) is 0 Å². The third kappa shape index (κ3) is 3.23. The Morgan fingerprint density at radius 2 is 2.00 bits per heavy atom. The zero-order valence-corrected chi connectivity index (χ0v) is 11.7. The Balaban J connectivity index is 2.39. The predicted octanol–water partition coefficient (Wildman–Crippen LogP) is 2.06. The Bertz CT molecular complexity index is 714. The highest BCUT2D eigenvalue weighted by Gasteiger charge is 2.14. The van der Waals surface area contributed by atoms with Gasteiger partial charge in [-0.3, -0.25) is 9.59 Å². The predicted molar refractivity (Wildman–Crippen MR) is 76.1 cm³/mol. The molecule has 1 aromatic heterocycles. The number of nitrogens with one attached hydrogen (secondary N) is 1. The maximum absolute atomic E-state index is 13.2. The molecule has 0 bridgehead atoms. The van der Waals surface area contributed by atoms with Gasteiger partial charge in [0.15, 0.2) is 5.43 Å². The summed E-state index contributed by atoms with van der Waals surface area (Å²) < 4.78 is 14.8. The molecule has 1 N–H and O–H groups in total. The zero-order chi connectivity index (χ0) is 14.9. The molecule has 0 saturated carbocycles. The minimum atomic E-state index is -0.466. The number of halogens is 1. The highest BCUT2D eigenvalue weighted by Crippen LogP contribution is 2.12. The Labute approximate surface area is 116 Å². The Morgan fingerprint density at radius 3 is 2.65 bits per heavy atom. The quantitative estimate of drug-likeness (QED) is 0.912. The first-order valence-electron chi connectivity index (χ1n) is 6.36. The fourth-order valence-corrected chi connectivity index (χ4v) is 2.03. The lowest BCUT2D eigenvalue weighted by atomic mass is 10.1. The Kier molecular flexibility index (Phi) is 3.61. The number of pyridine rings is 1. The molecule has 106 valence electrons. The van der Waals surface area contributed by atoms with E-state index in [-0.39, 0.29) is 28.8 Å². The number of amides is 1. The summed E-state index contributed by atoms with van der Waals surface area (Å²) in [5.41, 5.74) is -0.0344. The molecule has 2 rings (SSSR count). The third-order valence-electron chi connectivity index (χ3n) is 2.77. The third-order valence-corrected chi connectivity index (χ3v) is 2.77. The zero-order valence-electron chi connectivity index (χ0n) is 11.7. The van der Waals surface area contributed by atoms with Crippen LogP contribution in [0.15, 0.2) is 35.3 Å². The Morgan fingerprint density at radius 1 is 1.30 bits per heavy atom. The summed E-state index contributed by atoms with van der Waals surface area (Å²) in [5, 5.41) is 3.12. The van der Waals surface area contributed by atoms with Crippen molar-refractivity contribution >= 4 is 16.8 Å². The second-order valence-corrected chi connectivity index (χ2v) is 5.77. The van der Waals surface area contributed by atoms with Crippen molar-refractivity contribution in [2.75, 3.05) is 0 Å². The van der Waals surface area contributed by atoms with Crippen LogP contribution in [-0.4, -0.2) is 16.0 Å². The first kappa shape index (κ1) is 14.2. The van der Waals surface area contributed by atoms with Crippen LogP contribution >= 0.6 is 0 Å². The molecule has 1 aromatic carbocycles. The minimum Gasteiger partial charge on any atom is -0.350 e.